The molecule has 434 valence electrons. The number of hydrogen-bond donors (Lipinski definition) is 3. The van der Waals surface area contributed by atoms with Crippen LogP contribution >= 0.6 is 0 Å². The SMILES string of the molecule is CCCCCCCCCCCCCCCCC(O)C(CO)NC(=O)CCCCCCCCCCCCCCC/C=C\CCCCCCCCCCCCCCOC(=O)CCCCCCCCCCCCCCC. The van der Waals surface area contributed by atoms with Gasteiger partial charge in [-0.25, -0.2) is 0 Å². The molecule has 0 aromatic heterocycles. The summed E-state index contributed by atoms with van der Waals surface area (Å²) < 4.78 is 5.49. The van der Waals surface area contributed by atoms with Gasteiger partial charge in [-0.15, -0.1) is 0 Å². The van der Waals surface area contributed by atoms with Crippen molar-refractivity contribution in [3.05, 3.63) is 12.2 Å². The summed E-state index contributed by atoms with van der Waals surface area (Å²) in [5.74, 6) is -0.0128. The zero-order valence-electron chi connectivity index (χ0n) is 49.6. The van der Waals surface area contributed by atoms with E-state index in [9.17, 15) is 19.8 Å². The third-order valence-corrected chi connectivity index (χ3v) is 15.8. The molecule has 0 saturated carbocycles. The zero-order chi connectivity index (χ0) is 52.9. The highest BCUT2D eigenvalue weighted by Gasteiger charge is 2.20. The molecule has 0 spiro atoms. The van der Waals surface area contributed by atoms with E-state index in [0.717, 1.165) is 38.5 Å². The number of ether oxygens (including phenoxy) is 1. The molecule has 0 heterocycles. The highest BCUT2D eigenvalue weighted by molar-refractivity contribution is 5.76. The van der Waals surface area contributed by atoms with E-state index in [1.165, 1.54) is 308 Å². The molecule has 0 aromatic rings. The first kappa shape index (κ1) is 71.6. The Balaban J connectivity index is 3.35. The minimum Gasteiger partial charge on any atom is -0.466 e. The van der Waals surface area contributed by atoms with Crippen LogP contribution in [0, 0.1) is 0 Å². The van der Waals surface area contributed by atoms with E-state index < -0.39 is 12.1 Å². The fraction of sp³-hybridized carbons (Fsp3) is 0.940. The maximum Gasteiger partial charge on any atom is 0.305 e. The molecule has 2 atom stereocenters. The first-order chi connectivity index (χ1) is 36.0. The van der Waals surface area contributed by atoms with Gasteiger partial charge < -0.3 is 20.3 Å². The van der Waals surface area contributed by atoms with Crippen molar-refractivity contribution < 1.29 is 24.5 Å². The van der Waals surface area contributed by atoms with Gasteiger partial charge in [-0.2, -0.15) is 0 Å². The Morgan fingerprint density at radius 1 is 0.370 bits per heavy atom. The normalized spacial score (nSPS) is 12.5. The van der Waals surface area contributed by atoms with Crippen LogP contribution in [0.4, 0.5) is 0 Å². The Labute approximate surface area is 457 Å². The molecule has 0 saturated heterocycles. The van der Waals surface area contributed by atoms with E-state index in [-0.39, 0.29) is 18.5 Å². The number of esters is 1. The summed E-state index contributed by atoms with van der Waals surface area (Å²) in [6, 6.07) is -0.539. The van der Waals surface area contributed by atoms with Crippen molar-refractivity contribution in [2.24, 2.45) is 0 Å². The monoisotopic (exact) mass is 1030 g/mol. The van der Waals surface area contributed by atoms with Gasteiger partial charge in [0.15, 0.2) is 0 Å². The Morgan fingerprint density at radius 2 is 0.644 bits per heavy atom. The van der Waals surface area contributed by atoms with Crippen molar-refractivity contribution in [3.63, 3.8) is 0 Å². The number of aliphatic hydroxyl groups is 2. The number of allylic oxidation sites excluding steroid dienone is 2. The second-order valence-corrected chi connectivity index (χ2v) is 23.2. The first-order valence-electron chi connectivity index (χ1n) is 33.4. The summed E-state index contributed by atoms with van der Waals surface area (Å²) in [6.07, 6.45) is 76.8. The van der Waals surface area contributed by atoms with E-state index in [1.54, 1.807) is 0 Å². The Morgan fingerprint density at radius 3 is 0.973 bits per heavy atom. The van der Waals surface area contributed by atoms with Crippen LogP contribution in [0.15, 0.2) is 12.2 Å². The molecule has 3 N–H and O–H groups in total. The van der Waals surface area contributed by atoms with Crippen LogP contribution in [0.3, 0.4) is 0 Å². The fourth-order valence-electron chi connectivity index (χ4n) is 10.7. The summed E-state index contributed by atoms with van der Waals surface area (Å²) in [6.45, 7) is 4.98. The minimum absolute atomic E-state index is 0.0187. The summed E-state index contributed by atoms with van der Waals surface area (Å²) in [5, 5.41) is 23.3. The zero-order valence-corrected chi connectivity index (χ0v) is 49.6. The molecule has 0 rings (SSSR count). The van der Waals surface area contributed by atoms with Gasteiger partial charge in [0.25, 0.3) is 0 Å². The van der Waals surface area contributed by atoms with Crippen LogP contribution in [-0.4, -0.2) is 47.4 Å². The predicted octanol–water partition coefficient (Wildman–Crippen LogP) is 21.2. The van der Waals surface area contributed by atoms with Crippen molar-refractivity contribution >= 4 is 11.9 Å². The van der Waals surface area contributed by atoms with Crippen LogP contribution in [0.2, 0.25) is 0 Å². The lowest BCUT2D eigenvalue weighted by Crippen LogP contribution is -2.45. The highest BCUT2D eigenvalue weighted by atomic mass is 16.5. The summed E-state index contributed by atoms with van der Waals surface area (Å²) >= 11 is 0. The number of hydrogen-bond acceptors (Lipinski definition) is 5. The molecule has 6 heteroatoms. The van der Waals surface area contributed by atoms with E-state index in [4.69, 9.17) is 4.74 Å². The largest absolute Gasteiger partial charge is 0.466 e. The minimum atomic E-state index is -0.662. The second kappa shape index (κ2) is 63.1. The van der Waals surface area contributed by atoms with E-state index >= 15 is 0 Å². The maximum atomic E-state index is 12.5. The van der Waals surface area contributed by atoms with Crippen molar-refractivity contribution in [1.29, 1.82) is 0 Å². The van der Waals surface area contributed by atoms with Gasteiger partial charge in [0.1, 0.15) is 0 Å². The third-order valence-electron chi connectivity index (χ3n) is 15.8. The molecule has 0 fully saturated rings. The lowest BCUT2D eigenvalue weighted by molar-refractivity contribution is -0.143. The molecule has 0 aromatic carbocycles. The third kappa shape index (κ3) is 59.7. The molecule has 2 unspecified atom stereocenters. The quantitative estimate of drug-likeness (QED) is 0.0320. The van der Waals surface area contributed by atoms with Crippen LogP contribution < -0.4 is 5.32 Å². The lowest BCUT2D eigenvalue weighted by Gasteiger charge is -2.22. The first-order valence-corrected chi connectivity index (χ1v) is 33.4. The smallest absolute Gasteiger partial charge is 0.305 e. The highest BCUT2D eigenvalue weighted by Crippen LogP contribution is 2.18. The van der Waals surface area contributed by atoms with Crippen molar-refractivity contribution in [1.82, 2.24) is 5.32 Å². The molecule has 0 aliphatic carbocycles. The number of nitrogens with one attached hydrogen (secondary N) is 1. The molecular weight excluding hydrogens is 899 g/mol. The van der Waals surface area contributed by atoms with Gasteiger partial charge in [0.2, 0.25) is 5.91 Å². The fourth-order valence-corrected chi connectivity index (χ4v) is 10.7. The molecule has 0 bridgehead atoms. The summed E-state index contributed by atoms with van der Waals surface area (Å²) in [5.41, 5.74) is 0. The van der Waals surface area contributed by atoms with Gasteiger partial charge in [0.05, 0.1) is 25.4 Å². The number of unbranched alkanes of at least 4 members (excludes halogenated alkanes) is 50. The van der Waals surface area contributed by atoms with E-state index in [1.807, 2.05) is 0 Å². The maximum absolute atomic E-state index is 12.5. The molecule has 1 amide bonds. The van der Waals surface area contributed by atoms with Gasteiger partial charge in [-0.05, 0) is 51.4 Å². The van der Waals surface area contributed by atoms with E-state index in [2.05, 4.69) is 31.3 Å². The van der Waals surface area contributed by atoms with Crippen molar-refractivity contribution in [2.45, 2.75) is 392 Å². The Bertz CT molecular complexity index is 1100. The standard InChI is InChI=1S/C67H131NO5/c1-3-5-7-9-11-13-15-17-36-39-43-47-51-55-59-65(70)64(63-69)68-66(71)60-56-52-48-44-40-37-33-31-29-27-25-23-21-19-18-20-22-24-26-28-30-32-34-38-42-46-50-54-58-62-73-67(72)61-57-53-49-45-41-35-16-14-12-10-8-6-4-2/h18,20,64-65,69-70H,3-17,19,21-63H2,1-2H3,(H,68,71)/b20-18-. The van der Waals surface area contributed by atoms with Gasteiger partial charge in [-0.1, -0.05) is 328 Å². The number of carbonyl (C=O) groups is 2. The summed E-state index contributed by atoms with van der Waals surface area (Å²) in [7, 11) is 0. The van der Waals surface area contributed by atoms with Crippen molar-refractivity contribution in [2.75, 3.05) is 13.2 Å². The van der Waals surface area contributed by atoms with Gasteiger partial charge in [0, 0.05) is 12.8 Å². The van der Waals surface area contributed by atoms with Gasteiger partial charge in [-0.3, -0.25) is 9.59 Å². The van der Waals surface area contributed by atoms with Crippen LogP contribution in [0.5, 0.6) is 0 Å². The average Bonchev–Trinajstić information content (AvgIpc) is 3.39. The topological polar surface area (TPSA) is 95.9 Å². The number of rotatable bonds is 63. The molecule has 0 aliphatic heterocycles. The molecular formula is C67H131NO5. The predicted molar refractivity (Wildman–Crippen MR) is 320 cm³/mol. The second-order valence-electron chi connectivity index (χ2n) is 23.2. The number of aliphatic hydroxyl groups excluding tert-OH is 2. The van der Waals surface area contributed by atoms with Crippen LogP contribution in [-0.2, 0) is 14.3 Å². The Hall–Kier alpha value is -1.40. The summed E-state index contributed by atoms with van der Waals surface area (Å²) in [4.78, 5) is 24.5. The van der Waals surface area contributed by atoms with Crippen LogP contribution in [0.1, 0.15) is 380 Å². The molecule has 0 radical (unpaired) electrons. The number of amides is 1. The van der Waals surface area contributed by atoms with Crippen molar-refractivity contribution in [3.8, 4) is 0 Å². The molecule has 6 nitrogen and oxygen atoms in total. The Kier molecular flexibility index (Phi) is 61.9. The molecule has 73 heavy (non-hydrogen) atoms. The molecule has 0 aliphatic rings. The van der Waals surface area contributed by atoms with Gasteiger partial charge >= 0.3 is 5.97 Å². The van der Waals surface area contributed by atoms with Crippen LogP contribution in [0.25, 0.3) is 0 Å². The number of carbonyl (C=O) groups excluding carboxylic acids is 2. The average molecular weight is 1030 g/mol. The van der Waals surface area contributed by atoms with E-state index in [0.29, 0.717) is 25.9 Å². The lowest BCUT2D eigenvalue weighted by atomic mass is 10.0.